The number of benzene rings is 1. The summed E-state index contributed by atoms with van der Waals surface area (Å²) in [5, 5.41) is 0. The Bertz CT molecular complexity index is 669. The molecule has 2 heterocycles. The molecular formula is C19H25N3O4. The molecule has 7 heteroatoms. The maximum atomic E-state index is 12.3. The Morgan fingerprint density at radius 2 is 1.77 bits per heavy atom. The van der Waals surface area contributed by atoms with Gasteiger partial charge in [0.05, 0.1) is 0 Å². The van der Waals surface area contributed by atoms with Crippen LogP contribution in [0.4, 0.5) is 4.79 Å². The highest BCUT2D eigenvalue weighted by Crippen LogP contribution is 2.32. The van der Waals surface area contributed by atoms with E-state index in [1.54, 1.807) is 9.80 Å². The minimum atomic E-state index is -0.978. The van der Waals surface area contributed by atoms with Crippen molar-refractivity contribution in [2.45, 2.75) is 44.2 Å². The maximum absolute atomic E-state index is 12.3. The predicted molar refractivity (Wildman–Crippen MR) is 94.9 cm³/mol. The third-order valence-corrected chi connectivity index (χ3v) is 5.35. The molecule has 2 saturated heterocycles. The first-order valence-electron chi connectivity index (χ1n) is 9.09. The van der Waals surface area contributed by atoms with Gasteiger partial charge in [-0.05, 0) is 31.2 Å². The van der Waals surface area contributed by atoms with E-state index in [1.165, 1.54) is 0 Å². The highest BCUT2D eigenvalue weighted by atomic mass is 16.6. The number of hydrogen-bond acceptors (Lipinski definition) is 4. The molecule has 1 aromatic rings. The topological polar surface area (TPSA) is 92.9 Å². The molecule has 140 valence electrons. The average molecular weight is 359 g/mol. The van der Waals surface area contributed by atoms with Crippen LogP contribution >= 0.6 is 0 Å². The molecule has 0 saturated carbocycles. The van der Waals surface area contributed by atoms with Gasteiger partial charge in [0.1, 0.15) is 12.1 Å². The summed E-state index contributed by atoms with van der Waals surface area (Å²) < 4.78 is 5.35. The van der Waals surface area contributed by atoms with Gasteiger partial charge in [-0.1, -0.05) is 30.3 Å². The number of hydrogen-bond donors (Lipinski definition) is 1. The third kappa shape index (κ3) is 3.66. The molecule has 0 atom stereocenters. The Morgan fingerprint density at radius 1 is 1.08 bits per heavy atom. The summed E-state index contributed by atoms with van der Waals surface area (Å²) in [7, 11) is 0. The summed E-state index contributed by atoms with van der Waals surface area (Å²) in [6.07, 6.45) is 2.49. The molecule has 0 unspecified atom stereocenters. The van der Waals surface area contributed by atoms with Crippen molar-refractivity contribution in [1.29, 1.82) is 0 Å². The SMILES string of the molecule is NC(=O)C1(N2CCCCC2=O)CCN(C(=O)OCc2ccccc2)CC1. The second-order valence-electron chi connectivity index (χ2n) is 6.93. The van der Waals surface area contributed by atoms with E-state index in [0.717, 1.165) is 18.4 Å². The van der Waals surface area contributed by atoms with Crippen LogP contribution in [0, 0.1) is 0 Å². The average Bonchev–Trinajstić information content (AvgIpc) is 2.67. The first-order valence-corrected chi connectivity index (χ1v) is 9.09. The van der Waals surface area contributed by atoms with Gasteiger partial charge in [-0.25, -0.2) is 4.79 Å². The summed E-state index contributed by atoms with van der Waals surface area (Å²) >= 11 is 0. The van der Waals surface area contributed by atoms with Crippen molar-refractivity contribution in [3.05, 3.63) is 35.9 Å². The van der Waals surface area contributed by atoms with E-state index in [-0.39, 0.29) is 12.5 Å². The normalized spacial score (nSPS) is 19.9. The zero-order chi connectivity index (χ0) is 18.6. The standard InChI is InChI=1S/C19H25N3O4/c20-17(24)19(22-11-5-4-8-16(22)23)9-12-21(13-10-19)18(25)26-14-15-6-2-1-3-7-15/h1-3,6-7H,4-5,8-14H2,(H2,20,24). The molecule has 1 aromatic carbocycles. The third-order valence-electron chi connectivity index (χ3n) is 5.35. The minimum absolute atomic E-state index is 0.0184. The van der Waals surface area contributed by atoms with Gasteiger partial charge in [-0.3, -0.25) is 9.59 Å². The number of likely N-dealkylation sites (tertiary alicyclic amines) is 2. The fraction of sp³-hybridized carbons (Fsp3) is 0.526. The van der Waals surface area contributed by atoms with Crippen molar-refractivity contribution in [2.24, 2.45) is 5.73 Å². The summed E-state index contributed by atoms with van der Waals surface area (Å²) in [5.74, 6) is -0.500. The number of ether oxygens (including phenoxy) is 1. The molecule has 0 aromatic heterocycles. The van der Waals surface area contributed by atoms with Crippen LogP contribution in [0.25, 0.3) is 0 Å². The zero-order valence-electron chi connectivity index (χ0n) is 14.9. The highest BCUT2D eigenvalue weighted by Gasteiger charge is 2.48. The van der Waals surface area contributed by atoms with E-state index in [2.05, 4.69) is 0 Å². The first-order chi connectivity index (χ1) is 12.5. The van der Waals surface area contributed by atoms with E-state index >= 15 is 0 Å². The quantitative estimate of drug-likeness (QED) is 0.885. The molecular weight excluding hydrogens is 334 g/mol. The lowest BCUT2D eigenvalue weighted by atomic mass is 9.83. The number of amides is 3. The Kier molecular flexibility index (Phi) is 5.44. The molecule has 0 bridgehead atoms. The van der Waals surface area contributed by atoms with Gasteiger partial charge in [-0.15, -0.1) is 0 Å². The largest absolute Gasteiger partial charge is 0.445 e. The Morgan fingerprint density at radius 3 is 2.38 bits per heavy atom. The fourth-order valence-electron chi connectivity index (χ4n) is 3.78. The van der Waals surface area contributed by atoms with Crippen molar-refractivity contribution in [1.82, 2.24) is 9.80 Å². The van der Waals surface area contributed by atoms with Crippen LogP contribution in [-0.2, 0) is 20.9 Å². The second-order valence-corrected chi connectivity index (χ2v) is 6.93. The van der Waals surface area contributed by atoms with Crippen LogP contribution < -0.4 is 5.73 Å². The summed E-state index contributed by atoms with van der Waals surface area (Å²) in [6, 6.07) is 9.47. The number of nitrogens with zero attached hydrogens (tertiary/aromatic N) is 2. The van der Waals surface area contributed by atoms with Gasteiger partial charge in [-0.2, -0.15) is 0 Å². The highest BCUT2D eigenvalue weighted by molar-refractivity contribution is 5.91. The molecule has 2 N–H and O–H groups in total. The first kappa shape index (κ1) is 18.2. The molecule has 2 aliphatic heterocycles. The molecule has 3 amide bonds. The number of rotatable bonds is 4. The van der Waals surface area contributed by atoms with Crippen molar-refractivity contribution in [3.63, 3.8) is 0 Å². The van der Waals surface area contributed by atoms with Crippen molar-refractivity contribution < 1.29 is 19.1 Å². The lowest BCUT2D eigenvalue weighted by Gasteiger charge is -2.47. The van der Waals surface area contributed by atoms with Crippen molar-refractivity contribution >= 4 is 17.9 Å². The zero-order valence-corrected chi connectivity index (χ0v) is 14.9. The van der Waals surface area contributed by atoms with Crippen LogP contribution in [0.1, 0.15) is 37.7 Å². The van der Waals surface area contributed by atoms with Gasteiger partial charge in [0.25, 0.3) is 0 Å². The number of piperidine rings is 2. The van der Waals surface area contributed by atoms with Crippen LogP contribution in [0.2, 0.25) is 0 Å². The lowest BCUT2D eigenvalue weighted by molar-refractivity contribution is -0.151. The van der Waals surface area contributed by atoms with Gasteiger partial charge >= 0.3 is 6.09 Å². The summed E-state index contributed by atoms with van der Waals surface area (Å²) in [4.78, 5) is 40.0. The number of primary amides is 1. The van der Waals surface area contributed by atoms with Crippen molar-refractivity contribution in [3.8, 4) is 0 Å². The Labute approximate surface area is 153 Å². The van der Waals surface area contributed by atoms with Gasteiger partial charge in [0.2, 0.25) is 11.8 Å². The van der Waals surface area contributed by atoms with Crippen LogP contribution in [0.15, 0.2) is 30.3 Å². The monoisotopic (exact) mass is 359 g/mol. The molecule has 2 fully saturated rings. The van der Waals surface area contributed by atoms with Crippen LogP contribution in [0.5, 0.6) is 0 Å². The smallest absolute Gasteiger partial charge is 0.410 e. The molecule has 0 spiro atoms. The van der Waals surface area contributed by atoms with E-state index in [9.17, 15) is 14.4 Å². The number of nitrogens with two attached hydrogens (primary N) is 1. The summed E-state index contributed by atoms with van der Waals surface area (Å²) in [6.45, 7) is 1.46. The summed E-state index contributed by atoms with van der Waals surface area (Å²) in [5.41, 5.74) is 5.63. The van der Waals surface area contributed by atoms with Gasteiger partial charge in [0, 0.05) is 26.1 Å². The Balaban J connectivity index is 1.60. The van der Waals surface area contributed by atoms with E-state index < -0.39 is 17.5 Å². The van der Waals surface area contributed by atoms with Gasteiger partial charge in [0.15, 0.2) is 0 Å². The molecule has 26 heavy (non-hydrogen) atoms. The molecule has 0 radical (unpaired) electrons. The lowest BCUT2D eigenvalue weighted by Crippen LogP contribution is -2.65. The predicted octanol–water partition coefficient (Wildman–Crippen LogP) is 1.66. The Hall–Kier alpha value is -2.57. The van der Waals surface area contributed by atoms with Crippen LogP contribution in [-0.4, -0.2) is 52.9 Å². The van der Waals surface area contributed by atoms with E-state index in [0.29, 0.717) is 38.9 Å². The van der Waals surface area contributed by atoms with Crippen molar-refractivity contribution in [2.75, 3.05) is 19.6 Å². The molecule has 0 aliphatic carbocycles. The minimum Gasteiger partial charge on any atom is -0.445 e. The maximum Gasteiger partial charge on any atom is 0.410 e. The van der Waals surface area contributed by atoms with Crippen LogP contribution in [0.3, 0.4) is 0 Å². The fourth-order valence-corrected chi connectivity index (χ4v) is 3.78. The van der Waals surface area contributed by atoms with Gasteiger partial charge < -0.3 is 20.3 Å². The molecule has 7 nitrogen and oxygen atoms in total. The molecule has 2 aliphatic rings. The number of carbonyl (C=O) groups is 3. The second kappa shape index (κ2) is 7.76. The van der Waals surface area contributed by atoms with E-state index in [4.69, 9.17) is 10.5 Å². The van der Waals surface area contributed by atoms with E-state index in [1.807, 2.05) is 30.3 Å². The number of carbonyl (C=O) groups excluding carboxylic acids is 3. The molecule has 3 rings (SSSR count).